The molecular weight excluding hydrogens is 1070 g/mol. The van der Waals surface area contributed by atoms with Crippen molar-refractivity contribution in [1.29, 1.82) is 0 Å². The Morgan fingerprint density at radius 1 is 0.250 bits per heavy atom. The Hall–Kier alpha value is -1.74. The van der Waals surface area contributed by atoms with Gasteiger partial charge in [-0.25, -0.2) is 0 Å². The molecule has 8 aromatic rings. The van der Waals surface area contributed by atoms with Crippen molar-refractivity contribution in [3.05, 3.63) is 243 Å². The van der Waals surface area contributed by atoms with Crippen LogP contribution >= 0.6 is 92.3 Å². The summed E-state index contributed by atoms with van der Waals surface area (Å²) in [7, 11) is 27.7. The van der Waals surface area contributed by atoms with Gasteiger partial charge in [-0.2, -0.15) is 0 Å². The fourth-order valence-electron chi connectivity index (χ4n) is 9.03. The molecular formula is C52H44Cl6Fe2P4. The van der Waals surface area contributed by atoms with Gasteiger partial charge in [-0.3, -0.25) is 0 Å². The maximum absolute atomic E-state index is 9.68. The van der Waals surface area contributed by atoms with E-state index in [4.69, 9.17) is 40.4 Å². The third-order valence-corrected chi connectivity index (χ3v) is 50.9. The van der Waals surface area contributed by atoms with Crippen LogP contribution in [0.2, 0.25) is 0 Å². The Bertz CT molecular complexity index is 2240. The van der Waals surface area contributed by atoms with Crippen molar-refractivity contribution in [1.82, 2.24) is 0 Å². The average molecular weight is 1120 g/mol. The summed E-state index contributed by atoms with van der Waals surface area (Å²) >= 11 is 0. The SMILES string of the molecule is [Cl][Fe]([Cl])([Cl])[Cl].[Cl][Fe]12([Cl])([C@@H](P(c3ccccc3)c3ccccc3)[C@H]1P(c1ccccc1)c1ccccc1)[C@@H](P(c1ccccc1)c1ccccc1)[C@H]2P(c1ccccc1)c1ccccc1. The van der Waals surface area contributed by atoms with Gasteiger partial charge in [-0.15, -0.1) is 0 Å². The Morgan fingerprint density at radius 3 is 0.469 bits per heavy atom. The monoisotopic (exact) mass is 1110 g/mol. The molecule has 0 amide bonds. The summed E-state index contributed by atoms with van der Waals surface area (Å²) < 4.78 is 0.257. The van der Waals surface area contributed by atoms with Crippen LogP contribution in [0.5, 0.6) is 0 Å². The first-order valence-corrected chi connectivity index (χ1v) is 37.7. The number of halogens is 6. The molecule has 10 rings (SSSR count). The molecule has 0 unspecified atom stereocenters. The molecule has 4 atom stereocenters. The first-order chi connectivity index (χ1) is 31.0. The van der Waals surface area contributed by atoms with Crippen molar-refractivity contribution in [2.45, 2.75) is 18.2 Å². The van der Waals surface area contributed by atoms with Crippen LogP contribution in [-0.2, 0) is 18.1 Å². The van der Waals surface area contributed by atoms with Crippen LogP contribution in [0.3, 0.4) is 0 Å². The molecule has 2 fully saturated rings. The van der Waals surface area contributed by atoms with Crippen molar-refractivity contribution in [3.63, 3.8) is 0 Å². The molecule has 0 aromatic heterocycles. The topological polar surface area (TPSA) is 0 Å². The molecule has 1 spiro atoms. The van der Waals surface area contributed by atoms with E-state index in [1.807, 2.05) is 0 Å². The molecule has 12 heteroatoms. The molecule has 8 aromatic carbocycles. The van der Waals surface area contributed by atoms with Crippen LogP contribution < -0.4 is 42.4 Å². The first-order valence-electron chi connectivity index (χ1n) is 20.4. The zero-order valence-electron chi connectivity index (χ0n) is 34.2. The van der Waals surface area contributed by atoms with Crippen molar-refractivity contribution < 1.29 is 18.1 Å². The number of hydrogen-bond donors (Lipinski definition) is 0. The van der Waals surface area contributed by atoms with Crippen LogP contribution in [0.4, 0.5) is 0 Å². The van der Waals surface area contributed by atoms with E-state index >= 15 is 0 Å². The molecule has 64 heavy (non-hydrogen) atoms. The molecule has 0 aliphatic carbocycles. The van der Waals surface area contributed by atoms with Gasteiger partial charge in [0, 0.05) is 0 Å². The Kier molecular flexibility index (Phi) is 14.3. The quantitative estimate of drug-likeness (QED) is 0.0845. The summed E-state index contributed by atoms with van der Waals surface area (Å²) in [6.07, 6.45) is 0. The van der Waals surface area contributed by atoms with Gasteiger partial charge in [-0.05, 0) is 0 Å². The van der Waals surface area contributed by atoms with E-state index in [1.165, 1.54) is 42.4 Å². The minimum atomic E-state index is -4.85. The standard InChI is InChI=1S/2C26H22P2.6ClH.2Fe/c2*1-5-13-23(14-6-1)27(24-15-7-2-8-16-24)21-22-28(25-17-9-3-10-18-25)26-19-11-4-12-20-26;;;;;;;;/h2*1-22H;6*1H;;/q;;;;;;;;+2;+4/p-6. The summed E-state index contributed by atoms with van der Waals surface area (Å²) in [5, 5.41) is 10.8. The molecule has 0 bridgehead atoms. The Balaban J connectivity index is 0.000000984. The van der Waals surface area contributed by atoms with E-state index < -0.39 is 49.8 Å². The number of hydrogen-bond acceptors (Lipinski definition) is 0. The molecule has 2 aliphatic rings. The van der Waals surface area contributed by atoms with Gasteiger partial charge in [0.2, 0.25) is 0 Å². The fourth-order valence-corrected chi connectivity index (χ4v) is 65.0. The predicted molar refractivity (Wildman–Crippen MR) is 287 cm³/mol. The summed E-state index contributed by atoms with van der Waals surface area (Å²) in [6, 6.07) is 90.2. The molecule has 0 saturated carbocycles. The van der Waals surface area contributed by atoms with Gasteiger partial charge in [-0.1, -0.05) is 0 Å². The van der Waals surface area contributed by atoms with Gasteiger partial charge in [0.25, 0.3) is 0 Å². The Morgan fingerprint density at radius 2 is 0.359 bits per heavy atom. The van der Waals surface area contributed by atoms with Crippen LogP contribution in [0.1, 0.15) is 0 Å². The van der Waals surface area contributed by atoms with Crippen LogP contribution in [0.15, 0.2) is 243 Å². The zero-order chi connectivity index (χ0) is 44.4. The second kappa shape index (κ2) is 19.3. The van der Waals surface area contributed by atoms with E-state index in [0.29, 0.717) is 0 Å². The minimum absolute atomic E-state index is 0.0644. The maximum atomic E-state index is 9.68. The molecule has 0 N–H and O–H groups in total. The first kappa shape index (κ1) is 47.3. The molecule has 0 nitrogen and oxygen atoms in total. The van der Waals surface area contributed by atoms with Crippen LogP contribution in [0.25, 0.3) is 0 Å². The second-order valence-electron chi connectivity index (χ2n) is 15.3. The van der Waals surface area contributed by atoms with Crippen molar-refractivity contribution >= 4 is 135 Å². The van der Waals surface area contributed by atoms with Gasteiger partial charge in [0.05, 0.1) is 0 Å². The summed E-state index contributed by atoms with van der Waals surface area (Å²) in [5.41, 5.74) is 0. The average Bonchev–Trinajstić information content (AvgIpc) is 4.03. The van der Waals surface area contributed by atoms with Crippen molar-refractivity contribution in [2.75, 3.05) is 0 Å². The Labute approximate surface area is 409 Å². The molecule has 2 saturated heterocycles. The third-order valence-electron chi connectivity index (χ3n) is 11.6. The summed E-state index contributed by atoms with van der Waals surface area (Å²) in [5.74, 6) is 0. The van der Waals surface area contributed by atoms with E-state index in [-0.39, 0.29) is 18.2 Å². The number of benzene rings is 8. The van der Waals surface area contributed by atoms with E-state index in [2.05, 4.69) is 243 Å². The van der Waals surface area contributed by atoms with Crippen LogP contribution in [-0.4, -0.2) is 18.2 Å². The van der Waals surface area contributed by atoms with Gasteiger partial charge in [0.1, 0.15) is 0 Å². The molecule has 2 heterocycles. The summed E-state index contributed by atoms with van der Waals surface area (Å²) in [4.78, 5) is 0. The third kappa shape index (κ3) is 8.89. The van der Waals surface area contributed by atoms with Gasteiger partial charge in [0.15, 0.2) is 0 Å². The molecule has 2 aliphatic heterocycles. The fraction of sp³-hybridized carbons (Fsp3) is 0.0769. The van der Waals surface area contributed by atoms with E-state index in [1.54, 1.807) is 0 Å². The summed E-state index contributed by atoms with van der Waals surface area (Å²) in [6.45, 7) is 0. The van der Waals surface area contributed by atoms with Crippen molar-refractivity contribution in [3.8, 4) is 0 Å². The number of rotatable bonds is 12. The molecule has 330 valence electrons. The normalized spacial score (nSPS) is 21.5. The zero-order valence-corrected chi connectivity index (χ0v) is 44.5. The predicted octanol–water partition coefficient (Wildman–Crippen LogP) is 14.1. The van der Waals surface area contributed by atoms with Gasteiger partial charge >= 0.3 is 414 Å². The molecule has 0 radical (unpaired) electrons. The van der Waals surface area contributed by atoms with Crippen LogP contribution in [0, 0.1) is 0 Å². The van der Waals surface area contributed by atoms with Crippen molar-refractivity contribution in [2.24, 2.45) is 0 Å². The second-order valence-corrected chi connectivity index (χ2v) is 51.2. The van der Waals surface area contributed by atoms with E-state index in [9.17, 15) is 20.2 Å². The van der Waals surface area contributed by atoms with Gasteiger partial charge < -0.3 is 0 Å². The van der Waals surface area contributed by atoms with E-state index in [0.717, 1.165) is 0 Å².